The summed E-state index contributed by atoms with van der Waals surface area (Å²) in [5, 5.41) is 2.45. The first kappa shape index (κ1) is 24.2. The SMILES string of the molecule is CC(F)(F)c1cc(Oc2ccccc2)c(C(=O)N[C@H](/C=C/S(=O)(=O)C(F)(F)F)C2CC2)s1. The van der Waals surface area contributed by atoms with Crippen molar-refractivity contribution in [2.45, 2.75) is 37.2 Å². The number of carbonyl (C=O) groups is 1. The van der Waals surface area contributed by atoms with Crippen LogP contribution in [0.25, 0.3) is 0 Å². The lowest BCUT2D eigenvalue weighted by molar-refractivity contribution is -0.0423. The van der Waals surface area contributed by atoms with E-state index in [0.717, 1.165) is 12.1 Å². The van der Waals surface area contributed by atoms with Crippen molar-refractivity contribution in [1.29, 1.82) is 0 Å². The number of halogens is 5. The van der Waals surface area contributed by atoms with Crippen molar-refractivity contribution in [2.24, 2.45) is 5.92 Å². The Labute approximate surface area is 184 Å². The zero-order valence-electron chi connectivity index (χ0n) is 16.5. The van der Waals surface area contributed by atoms with Gasteiger partial charge in [-0.15, -0.1) is 11.3 Å². The van der Waals surface area contributed by atoms with Crippen LogP contribution in [0, 0.1) is 5.92 Å². The van der Waals surface area contributed by atoms with Gasteiger partial charge in [-0.3, -0.25) is 4.79 Å². The van der Waals surface area contributed by atoms with Gasteiger partial charge >= 0.3 is 5.51 Å². The van der Waals surface area contributed by atoms with Crippen LogP contribution in [0.3, 0.4) is 0 Å². The molecular formula is C20H18F5NO4S2. The molecule has 1 fully saturated rings. The number of benzene rings is 1. The van der Waals surface area contributed by atoms with Gasteiger partial charge < -0.3 is 10.1 Å². The number of para-hydroxylation sites is 1. The van der Waals surface area contributed by atoms with Crippen molar-refractivity contribution in [2.75, 3.05) is 0 Å². The second-order valence-corrected chi connectivity index (χ2v) is 10.1. The fraction of sp³-hybridized carbons (Fsp3) is 0.350. The van der Waals surface area contributed by atoms with Crippen LogP contribution in [0.15, 0.2) is 47.9 Å². The number of ether oxygens (including phenoxy) is 1. The second kappa shape index (κ2) is 8.81. The number of amides is 1. The van der Waals surface area contributed by atoms with E-state index in [1.54, 1.807) is 30.3 Å². The maximum atomic E-state index is 13.9. The summed E-state index contributed by atoms with van der Waals surface area (Å²) in [7, 11) is -5.52. The Morgan fingerprint density at radius 2 is 1.81 bits per heavy atom. The zero-order chi connectivity index (χ0) is 23.7. The second-order valence-electron chi connectivity index (χ2n) is 7.26. The van der Waals surface area contributed by atoms with E-state index < -0.39 is 38.1 Å². The third-order valence-corrected chi connectivity index (χ3v) is 6.97. The van der Waals surface area contributed by atoms with E-state index in [9.17, 15) is 35.2 Å². The average Bonchev–Trinajstić information content (AvgIpc) is 3.43. The van der Waals surface area contributed by atoms with Gasteiger partial charge in [-0.25, -0.2) is 17.2 Å². The molecule has 12 heteroatoms. The minimum Gasteiger partial charge on any atom is -0.456 e. The summed E-state index contributed by atoms with van der Waals surface area (Å²) in [5.41, 5.74) is -5.46. The van der Waals surface area contributed by atoms with Crippen molar-refractivity contribution >= 4 is 27.1 Å². The van der Waals surface area contributed by atoms with Gasteiger partial charge in [0.1, 0.15) is 10.6 Å². The van der Waals surface area contributed by atoms with Crippen molar-refractivity contribution < 1.29 is 39.9 Å². The van der Waals surface area contributed by atoms with Crippen LogP contribution in [0.2, 0.25) is 0 Å². The molecule has 1 atom stereocenters. The van der Waals surface area contributed by atoms with Gasteiger partial charge in [-0.2, -0.15) is 13.2 Å². The molecule has 1 saturated carbocycles. The molecule has 0 bridgehead atoms. The molecule has 5 nitrogen and oxygen atoms in total. The molecule has 174 valence electrons. The highest BCUT2D eigenvalue weighted by molar-refractivity contribution is 7.95. The van der Waals surface area contributed by atoms with Crippen LogP contribution < -0.4 is 10.1 Å². The van der Waals surface area contributed by atoms with Crippen LogP contribution in [0.5, 0.6) is 11.5 Å². The van der Waals surface area contributed by atoms with Gasteiger partial charge in [0.15, 0.2) is 5.75 Å². The maximum absolute atomic E-state index is 13.9. The number of hydrogen-bond donors (Lipinski definition) is 1. The predicted octanol–water partition coefficient (Wildman–Crippen LogP) is 5.61. The molecule has 0 aliphatic heterocycles. The lowest BCUT2D eigenvalue weighted by atomic mass is 10.2. The molecule has 2 aromatic rings. The summed E-state index contributed by atoms with van der Waals surface area (Å²) in [6, 6.07) is 8.13. The van der Waals surface area contributed by atoms with E-state index in [-0.39, 0.29) is 22.0 Å². The number of hydrogen-bond acceptors (Lipinski definition) is 5. The molecule has 3 rings (SSSR count). The number of sulfone groups is 1. The van der Waals surface area contributed by atoms with E-state index in [4.69, 9.17) is 4.74 Å². The molecule has 0 spiro atoms. The molecule has 32 heavy (non-hydrogen) atoms. The Hall–Kier alpha value is -2.47. The van der Waals surface area contributed by atoms with Crippen molar-refractivity contribution in [3.8, 4) is 11.5 Å². The molecule has 1 aliphatic rings. The number of rotatable bonds is 8. The highest BCUT2D eigenvalue weighted by Crippen LogP contribution is 2.41. The zero-order valence-corrected chi connectivity index (χ0v) is 18.2. The normalized spacial score (nSPS) is 16.2. The van der Waals surface area contributed by atoms with Gasteiger partial charge in [0.05, 0.1) is 10.9 Å². The molecule has 1 heterocycles. The molecule has 0 saturated heterocycles. The third-order valence-electron chi connectivity index (χ3n) is 4.52. The molecule has 1 aliphatic carbocycles. The minimum absolute atomic E-state index is 0.0116. The molecule has 1 N–H and O–H groups in total. The van der Waals surface area contributed by atoms with Gasteiger partial charge in [0.2, 0.25) is 0 Å². The smallest absolute Gasteiger partial charge is 0.456 e. The van der Waals surface area contributed by atoms with Crippen LogP contribution in [0.4, 0.5) is 22.0 Å². The molecule has 1 amide bonds. The minimum atomic E-state index is -5.52. The molecule has 1 aromatic heterocycles. The Morgan fingerprint density at radius 1 is 1.19 bits per heavy atom. The quantitative estimate of drug-likeness (QED) is 0.484. The predicted molar refractivity (Wildman–Crippen MR) is 108 cm³/mol. The van der Waals surface area contributed by atoms with Crippen LogP contribution in [-0.2, 0) is 15.8 Å². The number of carbonyl (C=O) groups excluding carboxylic acids is 1. The van der Waals surface area contributed by atoms with Gasteiger partial charge in [-0.1, -0.05) is 24.3 Å². The van der Waals surface area contributed by atoms with Crippen molar-refractivity contribution in [3.05, 3.63) is 57.6 Å². The van der Waals surface area contributed by atoms with E-state index in [1.807, 2.05) is 0 Å². The Morgan fingerprint density at radius 3 is 2.34 bits per heavy atom. The molecular weight excluding hydrogens is 477 g/mol. The molecule has 0 unspecified atom stereocenters. The molecule has 1 aromatic carbocycles. The third kappa shape index (κ3) is 5.85. The van der Waals surface area contributed by atoms with Crippen molar-refractivity contribution in [1.82, 2.24) is 5.32 Å². The fourth-order valence-corrected chi connectivity index (χ4v) is 4.15. The summed E-state index contributed by atoms with van der Waals surface area (Å²) in [4.78, 5) is 12.2. The highest BCUT2D eigenvalue weighted by Gasteiger charge is 2.44. The van der Waals surface area contributed by atoms with E-state index in [2.05, 4.69) is 5.32 Å². The van der Waals surface area contributed by atoms with Crippen LogP contribution >= 0.6 is 11.3 Å². The van der Waals surface area contributed by atoms with Gasteiger partial charge in [0, 0.05) is 18.4 Å². The number of thiophene rings is 1. The Kier molecular flexibility index (Phi) is 6.66. The van der Waals surface area contributed by atoms with Crippen LogP contribution in [-0.4, -0.2) is 25.9 Å². The first-order chi connectivity index (χ1) is 14.8. The van der Waals surface area contributed by atoms with E-state index in [1.165, 1.54) is 0 Å². The monoisotopic (exact) mass is 495 g/mol. The van der Waals surface area contributed by atoms with E-state index >= 15 is 0 Å². The topological polar surface area (TPSA) is 72.5 Å². The maximum Gasteiger partial charge on any atom is 0.501 e. The summed E-state index contributed by atoms with van der Waals surface area (Å²) < 4.78 is 93.7. The summed E-state index contributed by atoms with van der Waals surface area (Å²) in [6.07, 6.45) is 1.90. The molecule has 0 radical (unpaired) electrons. The first-order valence-electron chi connectivity index (χ1n) is 9.33. The fourth-order valence-electron chi connectivity index (χ4n) is 2.70. The first-order valence-corrected chi connectivity index (χ1v) is 11.7. The Bertz CT molecular complexity index is 1100. The summed E-state index contributed by atoms with van der Waals surface area (Å²) in [5.74, 6) is -4.22. The average molecular weight is 495 g/mol. The standard InChI is InChI=1S/C20H18F5NO4S2/c1-19(21,22)16-11-15(30-13-5-3-2-4-6-13)17(31-16)18(27)26-14(12-7-8-12)9-10-32(28,29)20(23,24)25/h2-6,9-12,14H,7-8H2,1H3,(H,26,27)/b10-9+/t14-/m1/s1. The number of nitrogens with one attached hydrogen (secondary N) is 1. The van der Waals surface area contributed by atoms with E-state index in [0.29, 0.717) is 36.9 Å². The van der Waals surface area contributed by atoms with Crippen LogP contribution in [0.1, 0.15) is 34.3 Å². The lowest BCUT2D eigenvalue weighted by Gasteiger charge is -2.15. The summed E-state index contributed by atoms with van der Waals surface area (Å²) >= 11 is 0.486. The number of alkyl halides is 5. The summed E-state index contributed by atoms with van der Waals surface area (Å²) in [6.45, 7) is 0.657. The largest absolute Gasteiger partial charge is 0.501 e. The Balaban J connectivity index is 1.87. The van der Waals surface area contributed by atoms with Gasteiger partial charge in [0.25, 0.3) is 21.7 Å². The lowest BCUT2D eigenvalue weighted by Crippen LogP contribution is -2.35. The van der Waals surface area contributed by atoms with Gasteiger partial charge in [-0.05, 0) is 30.9 Å². The highest BCUT2D eigenvalue weighted by atomic mass is 32.2. The van der Waals surface area contributed by atoms with Crippen molar-refractivity contribution in [3.63, 3.8) is 0 Å².